The minimum atomic E-state index is -0.116. The molecule has 5 nitrogen and oxygen atoms in total. The van der Waals surface area contributed by atoms with Crippen LogP contribution in [0, 0.1) is 0 Å². The van der Waals surface area contributed by atoms with Gasteiger partial charge in [-0.2, -0.15) is 0 Å². The van der Waals surface area contributed by atoms with E-state index in [4.69, 9.17) is 16.3 Å². The van der Waals surface area contributed by atoms with E-state index in [-0.39, 0.29) is 5.56 Å². The molecular formula is C21H24ClN3O2. The first-order chi connectivity index (χ1) is 13.1. The number of rotatable bonds is 8. The lowest BCUT2D eigenvalue weighted by Crippen LogP contribution is -2.26. The van der Waals surface area contributed by atoms with Crippen molar-refractivity contribution in [2.75, 3.05) is 13.2 Å². The summed E-state index contributed by atoms with van der Waals surface area (Å²) in [5.74, 6) is 0.881. The molecule has 0 radical (unpaired) electrons. The number of ether oxygens (including phenoxy) is 1. The van der Waals surface area contributed by atoms with Gasteiger partial charge in [0.2, 0.25) is 0 Å². The van der Waals surface area contributed by atoms with Gasteiger partial charge in [-0.25, -0.2) is 4.98 Å². The third kappa shape index (κ3) is 5.08. The number of benzene rings is 1. The molecule has 1 aromatic carbocycles. The van der Waals surface area contributed by atoms with Crippen LogP contribution in [0.25, 0.3) is 5.65 Å². The van der Waals surface area contributed by atoms with Crippen LogP contribution in [0.5, 0.6) is 5.75 Å². The van der Waals surface area contributed by atoms with E-state index >= 15 is 0 Å². The lowest BCUT2D eigenvalue weighted by Gasteiger charge is -2.21. The maximum absolute atomic E-state index is 12.4. The van der Waals surface area contributed by atoms with Crippen molar-refractivity contribution in [3.8, 4) is 5.75 Å². The molecule has 3 rings (SSSR count). The average molecular weight is 386 g/mol. The Hall–Kier alpha value is -2.37. The molecule has 0 spiro atoms. The molecule has 0 aliphatic heterocycles. The molecular weight excluding hydrogens is 362 g/mol. The van der Waals surface area contributed by atoms with Crippen molar-refractivity contribution >= 4 is 17.2 Å². The van der Waals surface area contributed by atoms with Gasteiger partial charge < -0.3 is 4.74 Å². The summed E-state index contributed by atoms with van der Waals surface area (Å²) in [6.07, 6.45) is 2.62. The fraction of sp³-hybridized carbons (Fsp3) is 0.333. The van der Waals surface area contributed by atoms with Gasteiger partial charge in [0, 0.05) is 25.4 Å². The maximum atomic E-state index is 12.4. The summed E-state index contributed by atoms with van der Waals surface area (Å²) in [7, 11) is 0. The molecule has 2 aromatic heterocycles. The van der Waals surface area contributed by atoms with Crippen molar-refractivity contribution in [2.24, 2.45) is 0 Å². The first-order valence-electron chi connectivity index (χ1n) is 9.21. The van der Waals surface area contributed by atoms with Gasteiger partial charge in [0.1, 0.15) is 11.4 Å². The van der Waals surface area contributed by atoms with Crippen molar-refractivity contribution in [1.82, 2.24) is 14.3 Å². The lowest BCUT2D eigenvalue weighted by molar-refractivity contribution is 0.254. The van der Waals surface area contributed by atoms with E-state index in [0.29, 0.717) is 23.8 Å². The van der Waals surface area contributed by atoms with Crippen LogP contribution in [0.2, 0.25) is 5.02 Å². The van der Waals surface area contributed by atoms with E-state index in [1.54, 1.807) is 24.4 Å². The van der Waals surface area contributed by atoms with Crippen molar-refractivity contribution in [1.29, 1.82) is 0 Å². The van der Waals surface area contributed by atoms with Crippen molar-refractivity contribution in [2.45, 2.75) is 33.4 Å². The van der Waals surface area contributed by atoms with E-state index in [1.807, 2.05) is 19.1 Å². The van der Waals surface area contributed by atoms with Gasteiger partial charge >= 0.3 is 0 Å². The molecule has 0 bridgehead atoms. The van der Waals surface area contributed by atoms with Crippen molar-refractivity contribution in [3.63, 3.8) is 0 Å². The molecule has 2 heterocycles. The van der Waals surface area contributed by atoms with Gasteiger partial charge in [0.25, 0.3) is 5.56 Å². The quantitative estimate of drug-likeness (QED) is 0.584. The van der Waals surface area contributed by atoms with Crippen LogP contribution in [0.4, 0.5) is 0 Å². The molecule has 0 saturated carbocycles. The molecule has 0 aliphatic rings. The average Bonchev–Trinajstić information content (AvgIpc) is 2.64. The number of pyridine rings is 1. The van der Waals surface area contributed by atoms with Crippen LogP contribution < -0.4 is 10.3 Å². The SMILES string of the molecule is CCCN(Cc1ccc(OCC)cc1)Cc1cc(=O)n2cc(Cl)ccc2n1. The third-order valence-electron chi connectivity index (χ3n) is 4.24. The van der Waals surface area contributed by atoms with E-state index in [2.05, 4.69) is 28.9 Å². The zero-order valence-corrected chi connectivity index (χ0v) is 16.4. The lowest BCUT2D eigenvalue weighted by atomic mass is 10.2. The summed E-state index contributed by atoms with van der Waals surface area (Å²) in [4.78, 5) is 19.3. The fourth-order valence-corrected chi connectivity index (χ4v) is 3.24. The highest BCUT2D eigenvalue weighted by Crippen LogP contribution is 2.15. The second kappa shape index (κ2) is 9.02. The summed E-state index contributed by atoms with van der Waals surface area (Å²) in [6.45, 7) is 7.13. The number of hydrogen-bond acceptors (Lipinski definition) is 4. The smallest absolute Gasteiger partial charge is 0.258 e. The van der Waals surface area contributed by atoms with E-state index in [9.17, 15) is 4.79 Å². The van der Waals surface area contributed by atoms with Crippen LogP contribution in [-0.2, 0) is 13.1 Å². The summed E-state index contributed by atoms with van der Waals surface area (Å²) < 4.78 is 6.98. The monoisotopic (exact) mass is 385 g/mol. The zero-order valence-electron chi connectivity index (χ0n) is 15.7. The second-order valence-corrected chi connectivity index (χ2v) is 6.89. The number of aromatic nitrogens is 2. The minimum absolute atomic E-state index is 0.116. The Labute approximate surface area is 164 Å². The van der Waals surface area contributed by atoms with Crippen LogP contribution >= 0.6 is 11.6 Å². The molecule has 142 valence electrons. The highest BCUT2D eigenvalue weighted by Gasteiger charge is 2.10. The van der Waals surface area contributed by atoms with Gasteiger partial charge in [0.15, 0.2) is 0 Å². The maximum Gasteiger partial charge on any atom is 0.258 e. The van der Waals surface area contributed by atoms with E-state index < -0.39 is 0 Å². The van der Waals surface area contributed by atoms with Crippen LogP contribution in [-0.4, -0.2) is 27.4 Å². The highest BCUT2D eigenvalue weighted by molar-refractivity contribution is 6.30. The Balaban J connectivity index is 1.78. The first kappa shape index (κ1) is 19.4. The van der Waals surface area contributed by atoms with Gasteiger partial charge in [-0.05, 0) is 49.7 Å². The molecule has 0 N–H and O–H groups in total. The van der Waals surface area contributed by atoms with Crippen LogP contribution in [0.15, 0.2) is 53.5 Å². The Bertz CT molecular complexity index is 954. The molecule has 0 amide bonds. The standard InChI is InChI=1S/C21H24ClN3O2/c1-3-11-24(13-16-5-8-19(9-6-16)27-4-2)15-18-12-21(26)25-14-17(22)7-10-20(25)23-18/h5-10,12,14H,3-4,11,13,15H2,1-2H3. The summed E-state index contributed by atoms with van der Waals surface area (Å²) in [5, 5.41) is 0.516. The predicted molar refractivity (Wildman–Crippen MR) is 108 cm³/mol. The van der Waals surface area contributed by atoms with Gasteiger partial charge in [-0.15, -0.1) is 0 Å². The molecule has 0 atom stereocenters. The Kier molecular flexibility index (Phi) is 6.48. The van der Waals surface area contributed by atoms with E-state index in [0.717, 1.165) is 31.0 Å². The first-order valence-corrected chi connectivity index (χ1v) is 9.58. The zero-order chi connectivity index (χ0) is 19.2. The molecule has 0 saturated heterocycles. The number of halogens is 1. The number of hydrogen-bond donors (Lipinski definition) is 0. The minimum Gasteiger partial charge on any atom is -0.494 e. The molecule has 0 unspecified atom stereocenters. The van der Waals surface area contributed by atoms with Gasteiger partial charge in [-0.3, -0.25) is 14.1 Å². The fourth-order valence-electron chi connectivity index (χ4n) is 3.08. The Morgan fingerprint density at radius 2 is 1.89 bits per heavy atom. The van der Waals surface area contributed by atoms with Crippen LogP contribution in [0.1, 0.15) is 31.5 Å². The number of fused-ring (bicyclic) bond motifs is 1. The van der Waals surface area contributed by atoms with Crippen LogP contribution in [0.3, 0.4) is 0 Å². The number of nitrogens with zero attached hydrogens (tertiary/aromatic N) is 3. The molecule has 0 aliphatic carbocycles. The summed E-state index contributed by atoms with van der Waals surface area (Å²) in [6, 6.07) is 13.3. The molecule has 0 fully saturated rings. The summed E-state index contributed by atoms with van der Waals surface area (Å²) in [5.41, 5.74) is 2.47. The third-order valence-corrected chi connectivity index (χ3v) is 4.47. The van der Waals surface area contributed by atoms with Gasteiger partial charge in [0.05, 0.1) is 17.3 Å². The predicted octanol–water partition coefficient (Wildman–Crippen LogP) is 4.16. The Morgan fingerprint density at radius 1 is 1.11 bits per heavy atom. The molecule has 6 heteroatoms. The normalized spacial score (nSPS) is 11.3. The van der Waals surface area contributed by atoms with E-state index in [1.165, 1.54) is 9.96 Å². The van der Waals surface area contributed by atoms with Crippen molar-refractivity contribution in [3.05, 3.63) is 75.3 Å². The second-order valence-electron chi connectivity index (χ2n) is 6.45. The largest absolute Gasteiger partial charge is 0.494 e. The van der Waals surface area contributed by atoms with Gasteiger partial charge in [-0.1, -0.05) is 30.7 Å². The summed E-state index contributed by atoms with van der Waals surface area (Å²) >= 11 is 5.97. The molecule has 27 heavy (non-hydrogen) atoms. The topological polar surface area (TPSA) is 46.8 Å². The van der Waals surface area contributed by atoms with Crippen molar-refractivity contribution < 1.29 is 4.74 Å². The molecule has 3 aromatic rings. The Morgan fingerprint density at radius 3 is 2.59 bits per heavy atom. The highest BCUT2D eigenvalue weighted by atomic mass is 35.5.